The van der Waals surface area contributed by atoms with Crippen molar-refractivity contribution in [1.82, 2.24) is 4.90 Å². The summed E-state index contributed by atoms with van der Waals surface area (Å²) in [6.07, 6.45) is -0.672. The lowest BCUT2D eigenvalue weighted by molar-refractivity contribution is -0.134. The molecule has 0 saturated carbocycles. The number of hydrogen-bond acceptors (Lipinski definition) is 3. The van der Waals surface area contributed by atoms with Crippen molar-refractivity contribution in [3.63, 3.8) is 0 Å². The molecule has 2 unspecified atom stereocenters. The zero-order valence-corrected chi connectivity index (χ0v) is 15.3. The molecule has 0 fully saturated rings. The SMILES string of the molecule is CN(C(=O)C(C(O)c1ccccc1)N(C)C=O)c1cc(Cl)cc(Cl)c1. The van der Waals surface area contributed by atoms with E-state index in [0.29, 0.717) is 27.7 Å². The van der Waals surface area contributed by atoms with Crippen molar-refractivity contribution in [2.45, 2.75) is 12.1 Å². The van der Waals surface area contributed by atoms with E-state index >= 15 is 0 Å². The van der Waals surface area contributed by atoms with Crippen LogP contribution in [0.1, 0.15) is 11.7 Å². The average molecular weight is 381 g/mol. The van der Waals surface area contributed by atoms with Crippen molar-refractivity contribution in [1.29, 1.82) is 0 Å². The van der Waals surface area contributed by atoms with Gasteiger partial charge in [0.15, 0.2) is 0 Å². The molecule has 0 spiro atoms. The fraction of sp³-hybridized carbons (Fsp3) is 0.222. The predicted molar refractivity (Wildman–Crippen MR) is 98.9 cm³/mol. The summed E-state index contributed by atoms with van der Waals surface area (Å²) in [7, 11) is 2.98. The summed E-state index contributed by atoms with van der Waals surface area (Å²) in [5.41, 5.74) is 0.999. The Balaban J connectivity index is 2.36. The van der Waals surface area contributed by atoms with E-state index in [2.05, 4.69) is 0 Å². The van der Waals surface area contributed by atoms with Gasteiger partial charge < -0.3 is 14.9 Å². The van der Waals surface area contributed by atoms with Crippen LogP contribution in [0.3, 0.4) is 0 Å². The highest BCUT2D eigenvalue weighted by Crippen LogP contribution is 2.27. The van der Waals surface area contributed by atoms with Crippen molar-refractivity contribution in [3.8, 4) is 0 Å². The number of hydrogen-bond donors (Lipinski definition) is 1. The number of carbonyl (C=O) groups is 2. The van der Waals surface area contributed by atoms with Crippen molar-refractivity contribution in [2.75, 3.05) is 19.0 Å². The molecule has 0 radical (unpaired) electrons. The summed E-state index contributed by atoms with van der Waals surface area (Å²) < 4.78 is 0. The Morgan fingerprint density at radius 3 is 2.16 bits per heavy atom. The van der Waals surface area contributed by atoms with Crippen LogP contribution >= 0.6 is 23.2 Å². The van der Waals surface area contributed by atoms with E-state index in [1.54, 1.807) is 48.5 Å². The molecule has 132 valence electrons. The quantitative estimate of drug-likeness (QED) is 0.782. The van der Waals surface area contributed by atoms with Gasteiger partial charge in [-0.05, 0) is 23.8 Å². The predicted octanol–water partition coefficient (Wildman–Crippen LogP) is 3.15. The second kappa shape index (κ2) is 8.34. The first kappa shape index (κ1) is 19.2. The van der Waals surface area contributed by atoms with Gasteiger partial charge in [-0.25, -0.2) is 0 Å². The molecule has 2 atom stereocenters. The lowest BCUT2D eigenvalue weighted by Gasteiger charge is -2.32. The second-order valence-electron chi connectivity index (χ2n) is 5.60. The number of nitrogens with zero attached hydrogens (tertiary/aromatic N) is 2. The zero-order valence-electron chi connectivity index (χ0n) is 13.8. The standard InChI is InChI=1S/C18H18Cl2N2O3/c1-21(11-23)16(17(24)12-6-4-3-5-7-12)18(25)22(2)15-9-13(19)8-14(20)10-15/h3-11,16-17,24H,1-2H3. The van der Waals surface area contributed by atoms with Crippen LogP contribution in [0.5, 0.6) is 0 Å². The largest absolute Gasteiger partial charge is 0.386 e. The number of aliphatic hydroxyl groups is 1. The molecule has 0 aliphatic carbocycles. The van der Waals surface area contributed by atoms with E-state index in [1.165, 1.54) is 19.0 Å². The monoisotopic (exact) mass is 380 g/mol. The Labute approximate surface area is 156 Å². The number of amides is 2. The fourth-order valence-corrected chi connectivity index (χ4v) is 3.00. The lowest BCUT2D eigenvalue weighted by Crippen LogP contribution is -2.49. The van der Waals surface area contributed by atoms with Gasteiger partial charge in [-0.1, -0.05) is 53.5 Å². The normalized spacial score (nSPS) is 13.0. The smallest absolute Gasteiger partial charge is 0.252 e. The average Bonchev–Trinajstić information content (AvgIpc) is 2.60. The summed E-state index contributed by atoms with van der Waals surface area (Å²) in [6.45, 7) is 0. The van der Waals surface area contributed by atoms with Crippen molar-refractivity contribution < 1.29 is 14.7 Å². The van der Waals surface area contributed by atoms with Crippen molar-refractivity contribution >= 4 is 41.2 Å². The lowest BCUT2D eigenvalue weighted by atomic mass is 10.00. The van der Waals surface area contributed by atoms with E-state index in [0.717, 1.165) is 4.90 Å². The van der Waals surface area contributed by atoms with Crippen LogP contribution in [0, 0.1) is 0 Å². The molecular formula is C18H18Cl2N2O3. The highest BCUT2D eigenvalue weighted by Gasteiger charge is 2.34. The molecule has 0 aliphatic heterocycles. The first-order valence-electron chi connectivity index (χ1n) is 7.49. The summed E-state index contributed by atoms with van der Waals surface area (Å²) in [4.78, 5) is 26.7. The van der Waals surface area contributed by atoms with Crippen LogP contribution in [0.2, 0.25) is 10.0 Å². The van der Waals surface area contributed by atoms with Gasteiger partial charge >= 0.3 is 0 Å². The first-order chi connectivity index (χ1) is 11.8. The minimum atomic E-state index is -1.18. The van der Waals surface area contributed by atoms with Gasteiger partial charge in [0.1, 0.15) is 12.1 Å². The topological polar surface area (TPSA) is 60.9 Å². The number of aliphatic hydroxyl groups excluding tert-OH is 1. The summed E-state index contributed by atoms with van der Waals surface area (Å²) in [5.74, 6) is -0.468. The first-order valence-corrected chi connectivity index (χ1v) is 8.24. The number of benzene rings is 2. The molecule has 0 aromatic heterocycles. The van der Waals surface area contributed by atoms with Crippen LogP contribution in [0.25, 0.3) is 0 Å². The van der Waals surface area contributed by atoms with E-state index in [4.69, 9.17) is 23.2 Å². The van der Waals surface area contributed by atoms with Crippen LogP contribution < -0.4 is 4.90 Å². The molecule has 2 aromatic carbocycles. The third kappa shape index (κ3) is 4.51. The molecule has 2 rings (SSSR count). The molecule has 2 aromatic rings. The molecule has 1 N–H and O–H groups in total. The van der Waals surface area contributed by atoms with Crippen LogP contribution in [-0.2, 0) is 9.59 Å². The van der Waals surface area contributed by atoms with Gasteiger partial charge in [-0.3, -0.25) is 9.59 Å². The third-order valence-corrected chi connectivity index (χ3v) is 4.30. The van der Waals surface area contributed by atoms with Crippen molar-refractivity contribution in [2.24, 2.45) is 0 Å². The van der Waals surface area contributed by atoms with Gasteiger partial charge in [-0.2, -0.15) is 0 Å². The number of anilines is 1. The summed E-state index contributed by atoms with van der Waals surface area (Å²) >= 11 is 12.0. The fourth-order valence-electron chi connectivity index (χ4n) is 2.49. The Morgan fingerprint density at radius 1 is 1.08 bits per heavy atom. The number of likely N-dealkylation sites (N-methyl/N-ethyl adjacent to an activating group) is 2. The Morgan fingerprint density at radius 2 is 1.64 bits per heavy atom. The third-order valence-electron chi connectivity index (χ3n) is 3.86. The van der Waals surface area contributed by atoms with E-state index in [9.17, 15) is 14.7 Å². The molecule has 5 nitrogen and oxygen atoms in total. The number of carbonyl (C=O) groups excluding carboxylic acids is 2. The number of halogens is 2. The molecule has 0 heterocycles. The highest BCUT2D eigenvalue weighted by atomic mass is 35.5. The molecule has 0 saturated heterocycles. The van der Waals surface area contributed by atoms with Crippen LogP contribution in [-0.4, -0.2) is 42.5 Å². The van der Waals surface area contributed by atoms with E-state index in [1.807, 2.05) is 0 Å². The molecule has 2 amide bonds. The van der Waals surface area contributed by atoms with Gasteiger partial charge in [0.05, 0.1) is 0 Å². The summed E-state index contributed by atoms with van der Waals surface area (Å²) in [5, 5.41) is 11.4. The maximum Gasteiger partial charge on any atom is 0.252 e. The van der Waals surface area contributed by atoms with E-state index in [-0.39, 0.29) is 0 Å². The second-order valence-corrected chi connectivity index (χ2v) is 6.47. The van der Waals surface area contributed by atoms with Crippen molar-refractivity contribution in [3.05, 3.63) is 64.1 Å². The molecule has 0 bridgehead atoms. The maximum absolute atomic E-state index is 13.0. The van der Waals surface area contributed by atoms with Crippen LogP contribution in [0.4, 0.5) is 5.69 Å². The minimum absolute atomic E-state index is 0.381. The van der Waals surface area contributed by atoms with Gasteiger partial charge in [0, 0.05) is 29.8 Å². The molecular weight excluding hydrogens is 363 g/mol. The minimum Gasteiger partial charge on any atom is -0.386 e. The highest BCUT2D eigenvalue weighted by molar-refractivity contribution is 6.35. The Bertz CT molecular complexity index is 735. The van der Waals surface area contributed by atoms with Gasteiger partial charge in [0.25, 0.3) is 5.91 Å². The molecule has 0 aliphatic rings. The van der Waals surface area contributed by atoms with Gasteiger partial charge in [-0.15, -0.1) is 0 Å². The number of rotatable bonds is 6. The van der Waals surface area contributed by atoms with Gasteiger partial charge in [0.2, 0.25) is 6.41 Å². The zero-order chi connectivity index (χ0) is 18.6. The molecule has 7 heteroatoms. The Kier molecular flexibility index (Phi) is 6.42. The molecule has 25 heavy (non-hydrogen) atoms. The van der Waals surface area contributed by atoms with Crippen LogP contribution in [0.15, 0.2) is 48.5 Å². The maximum atomic E-state index is 13.0. The Hall–Kier alpha value is -2.08. The summed E-state index contributed by atoms with van der Waals surface area (Å²) in [6, 6.07) is 12.3. The van der Waals surface area contributed by atoms with E-state index < -0.39 is 18.1 Å².